The molecule has 34 heavy (non-hydrogen) atoms. The van der Waals surface area contributed by atoms with E-state index in [9.17, 15) is 18.9 Å². The second-order valence-electron chi connectivity index (χ2n) is 7.73. The van der Waals surface area contributed by atoms with Crippen LogP contribution in [-0.2, 0) is 34.4 Å². The molecule has 0 unspecified atom stereocenters. The van der Waals surface area contributed by atoms with Gasteiger partial charge in [-0.05, 0) is 0 Å². The first-order chi connectivity index (χ1) is 16.3. The number of aromatic amines is 1. The number of rotatable bonds is 9. The fourth-order valence-electron chi connectivity index (χ4n) is 3.90. The van der Waals surface area contributed by atoms with Gasteiger partial charge in [0.25, 0.3) is 0 Å². The van der Waals surface area contributed by atoms with E-state index in [1.807, 2.05) is 43.1 Å². The molecule has 13 heteroatoms. The van der Waals surface area contributed by atoms with Gasteiger partial charge in [-0.25, -0.2) is 0 Å². The molecule has 3 atom stereocenters. The molecule has 2 aliphatic heterocycles. The van der Waals surface area contributed by atoms with Gasteiger partial charge in [-0.2, -0.15) is 0 Å². The van der Waals surface area contributed by atoms with Gasteiger partial charge in [-0.3, -0.25) is 0 Å². The molecule has 0 spiro atoms. The van der Waals surface area contributed by atoms with E-state index in [4.69, 9.17) is 27.8 Å². The second-order valence-corrected chi connectivity index (χ2v) is 9.59. The summed E-state index contributed by atoms with van der Waals surface area (Å²) >= 11 is 0. The number of H-pyrrole nitrogens is 1. The molecule has 2 aromatic rings. The maximum atomic E-state index is 13.7. The quantitative estimate of drug-likeness (QED) is 0.391. The van der Waals surface area contributed by atoms with E-state index in [0.717, 1.165) is 21.9 Å². The van der Waals surface area contributed by atoms with Gasteiger partial charge in [0.2, 0.25) is 0 Å². The Morgan fingerprint density at radius 2 is 1.97 bits per heavy atom. The number of nitrogens with one attached hydrogen (secondary N) is 1. The molecule has 0 saturated carbocycles. The van der Waals surface area contributed by atoms with Gasteiger partial charge in [0.05, 0.1) is 0 Å². The maximum absolute atomic E-state index is 13.7. The van der Waals surface area contributed by atoms with Crippen molar-refractivity contribution in [1.82, 2.24) is 9.55 Å². The van der Waals surface area contributed by atoms with E-state index < -0.39 is 50.0 Å². The predicted molar refractivity (Wildman–Crippen MR) is 118 cm³/mol. The summed E-state index contributed by atoms with van der Waals surface area (Å²) in [6.45, 7) is 4.60. The average Bonchev–Trinajstić information content (AvgIpc) is 3.23. The topological polar surface area (TPSA) is 130 Å². The molecule has 2 aliphatic rings. The first kappa shape index (κ1) is 25.1. The van der Waals surface area contributed by atoms with E-state index in [0.29, 0.717) is 13.2 Å². The number of benzene rings is 1. The summed E-state index contributed by atoms with van der Waals surface area (Å²) in [5.41, 5.74) is -0.418. The first-order valence-electron chi connectivity index (χ1n) is 11.0. The summed E-state index contributed by atoms with van der Waals surface area (Å²) in [7, 11) is -4.04. The predicted octanol–water partition coefficient (Wildman–Crippen LogP) is 2.07. The Morgan fingerprint density at radius 3 is 2.71 bits per heavy atom. The van der Waals surface area contributed by atoms with Crippen molar-refractivity contribution in [2.45, 2.75) is 51.6 Å². The third-order valence-corrected chi connectivity index (χ3v) is 7.14. The standard InChI is InChI=1S/C21H28FN2O9P/c1-3-28-20(29-4-2)14-8-6-5-7-13(14)11-30-34(27)31-12-17-16(33-34)9-18(32-17)24-10-15(22)19(25)23-21(24)26/h5-8,10,16-18,20,27,34H,3-4,9,11-12H2,1-2H3,(H,23,25,26)/t16-,17+,18+/m0/s1. The van der Waals surface area contributed by atoms with E-state index in [-0.39, 0.29) is 19.6 Å². The zero-order valence-electron chi connectivity index (χ0n) is 18.8. The normalized spacial score (nSPS) is 24.8. The van der Waals surface area contributed by atoms with Crippen LogP contribution in [0.2, 0.25) is 0 Å². The van der Waals surface area contributed by atoms with Crippen molar-refractivity contribution in [3.05, 3.63) is 68.2 Å². The molecule has 1 aromatic carbocycles. The van der Waals surface area contributed by atoms with E-state index >= 15 is 0 Å². The minimum atomic E-state index is -4.04. The minimum absolute atomic E-state index is 0.0121. The fourth-order valence-corrected chi connectivity index (χ4v) is 5.47. The van der Waals surface area contributed by atoms with Crippen LogP contribution in [0.3, 0.4) is 0 Å². The summed E-state index contributed by atoms with van der Waals surface area (Å²) in [6, 6.07) is 7.37. The van der Waals surface area contributed by atoms with Crippen molar-refractivity contribution in [1.29, 1.82) is 0 Å². The zero-order valence-corrected chi connectivity index (χ0v) is 19.8. The van der Waals surface area contributed by atoms with Crippen molar-refractivity contribution in [2.24, 2.45) is 0 Å². The van der Waals surface area contributed by atoms with E-state index in [1.54, 1.807) is 0 Å². The van der Waals surface area contributed by atoms with E-state index in [1.165, 1.54) is 0 Å². The van der Waals surface area contributed by atoms with Crippen molar-refractivity contribution < 1.29 is 37.1 Å². The molecule has 3 heterocycles. The molecule has 1 aromatic heterocycles. The molecule has 2 fully saturated rings. The Labute approximate surface area is 195 Å². The third-order valence-electron chi connectivity index (χ3n) is 5.50. The number of fused-ring (bicyclic) bond motifs is 1. The van der Waals surface area contributed by atoms with Crippen LogP contribution in [0.15, 0.2) is 40.1 Å². The molecule has 11 nitrogen and oxygen atoms in total. The monoisotopic (exact) mass is 502 g/mol. The molecule has 4 rings (SSSR count). The molecular weight excluding hydrogens is 474 g/mol. The molecule has 0 radical (unpaired) electrons. The number of hydrogen-bond acceptors (Lipinski definition) is 9. The third kappa shape index (κ3) is 5.45. The molecule has 2 saturated heterocycles. The van der Waals surface area contributed by atoms with Gasteiger partial charge in [0, 0.05) is 0 Å². The summed E-state index contributed by atoms with van der Waals surface area (Å²) in [5.74, 6) is -1.11. The molecule has 0 bridgehead atoms. The van der Waals surface area contributed by atoms with Crippen LogP contribution in [0.4, 0.5) is 4.39 Å². The Bertz CT molecular complexity index is 1110. The molecule has 0 amide bonds. The van der Waals surface area contributed by atoms with Crippen LogP contribution in [0.1, 0.15) is 43.9 Å². The molecule has 2 N–H and O–H groups in total. The van der Waals surface area contributed by atoms with Gasteiger partial charge in [0.1, 0.15) is 0 Å². The molecule has 0 aliphatic carbocycles. The van der Waals surface area contributed by atoms with Gasteiger partial charge in [0.15, 0.2) is 0 Å². The zero-order chi connectivity index (χ0) is 24.3. The number of aromatic nitrogens is 2. The van der Waals surface area contributed by atoms with Gasteiger partial charge >= 0.3 is 194 Å². The van der Waals surface area contributed by atoms with Crippen molar-refractivity contribution in [3.63, 3.8) is 0 Å². The number of ether oxygens (including phenoxy) is 3. The van der Waals surface area contributed by atoms with Gasteiger partial charge < -0.3 is 0 Å². The molecular formula is C21H28FN2O9P. The van der Waals surface area contributed by atoms with Crippen LogP contribution in [0, 0.1) is 5.82 Å². The Hall–Kier alpha value is -2.02. The van der Waals surface area contributed by atoms with Crippen LogP contribution < -0.4 is 11.2 Å². The van der Waals surface area contributed by atoms with Crippen molar-refractivity contribution in [3.8, 4) is 0 Å². The van der Waals surface area contributed by atoms with Crippen LogP contribution in [0.25, 0.3) is 0 Å². The second kappa shape index (κ2) is 10.7. The van der Waals surface area contributed by atoms with Gasteiger partial charge in [-0.15, -0.1) is 0 Å². The van der Waals surface area contributed by atoms with Gasteiger partial charge in [-0.1, -0.05) is 0 Å². The average molecular weight is 502 g/mol. The van der Waals surface area contributed by atoms with Crippen molar-refractivity contribution in [2.75, 3.05) is 19.8 Å². The Morgan fingerprint density at radius 1 is 1.24 bits per heavy atom. The summed E-state index contributed by atoms with van der Waals surface area (Å²) in [5, 5.41) is 0. The van der Waals surface area contributed by atoms with Crippen LogP contribution in [-0.4, -0.2) is 46.5 Å². The summed E-state index contributed by atoms with van der Waals surface area (Å²) < 4.78 is 48.7. The number of nitrogens with zero attached hydrogens (tertiary/aromatic N) is 1. The summed E-state index contributed by atoms with van der Waals surface area (Å²) in [4.78, 5) is 36.1. The Kier molecular flexibility index (Phi) is 7.90. The summed E-state index contributed by atoms with van der Waals surface area (Å²) in [6.07, 6.45) is -1.81. The number of hydrogen-bond donors (Lipinski definition) is 2. The SMILES string of the molecule is CCOC(OCC)c1ccccc1CO[PH]1(O)OC[C@H]2O[C@@H](n3cc(F)c(=O)[nH]c3=O)C[C@@H]2O1. The Balaban J connectivity index is 1.43. The number of halogens is 1. The van der Waals surface area contributed by atoms with E-state index in [2.05, 4.69) is 0 Å². The van der Waals surface area contributed by atoms with Crippen LogP contribution >= 0.6 is 8.17 Å². The van der Waals surface area contributed by atoms with Crippen molar-refractivity contribution >= 4 is 8.17 Å². The van der Waals surface area contributed by atoms with Crippen LogP contribution in [0.5, 0.6) is 0 Å². The fraction of sp³-hybridized carbons (Fsp3) is 0.524. The first-order valence-corrected chi connectivity index (χ1v) is 12.7. The molecule has 188 valence electrons.